The fourth-order valence-electron chi connectivity index (χ4n) is 1.61. The van der Waals surface area contributed by atoms with Crippen LogP contribution in [0.2, 0.25) is 0 Å². The molecule has 4 nitrogen and oxygen atoms in total. The Morgan fingerprint density at radius 1 is 1.17 bits per heavy atom. The molecule has 5 N–H and O–H groups in total. The third kappa shape index (κ3) is 2.53. The molecule has 68 valence electrons. The predicted molar refractivity (Wildman–Crippen MR) is 50.1 cm³/mol. The topological polar surface area (TPSA) is 88.2 Å². The number of amidine groups is 1. The zero-order valence-corrected chi connectivity index (χ0v) is 7.21. The maximum atomic E-state index is 7.57. The Kier molecular flexibility index (Phi) is 3.08. The van der Waals surface area contributed by atoms with Gasteiger partial charge in [0.15, 0.2) is 5.96 Å². The summed E-state index contributed by atoms with van der Waals surface area (Å²) in [6.45, 7) is 0. The summed E-state index contributed by atoms with van der Waals surface area (Å²) in [4.78, 5) is 3.76. The summed E-state index contributed by atoms with van der Waals surface area (Å²) >= 11 is 0. The standard InChI is InChI=1S/C8H16N4/c9-7(12-8(10)11)6-4-2-1-3-5-6/h6H,1-5H2,(H5,9,10,11,12). The number of guanidine groups is 1. The van der Waals surface area contributed by atoms with E-state index in [1.165, 1.54) is 19.3 Å². The highest BCUT2D eigenvalue weighted by molar-refractivity contribution is 5.94. The van der Waals surface area contributed by atoms with Gasteiger partial charge in [-0.15, -0.1) is 0 Å². The Hall–Kier alpha value is -1.06. The molecule has 1 aliphatic rings. The molecule has 1 aliphatic carbocycles. The van der Waals surface area contributed by atoms with E-state index in [9.17, 15) is 0 Å². The molecule has 0 bridgehead atoms. The van der Waals surface area contributed by atoms with Crippen molar-refractivity contribution in [1.82, 2.24) is 0 Å². The maximum Gasteiger partial charge on any atom is 0.192 e. The highest BCUT2D eigenvalue weighted by Gasteiger charge is 2.17. The molecular formula is C8H16N4. The number of rotatable bonds is 1. The normalized spacial score (nSPS) is 18.7. The van der Waals surface area contributed by atoms with Crippen LogP contribution in [0.5, 0.6) is 0 Å². The second kappa shape index (κ2) is 4.09. The zero-order valence-electron chi connectivity index (χ0n) is 7.21. The molecule has 1 fully saturated rings. The minimum atomic E-state index is 0.00516. The van der Waals surface area contributed by atoms with E-state index < -0.39 is 0 Å². The number of nitrogens with two attached hydrogens (primary N) is 2. The van der Waals surface area contributed by atoms with Gasteiger partial charge in [-0.25, -0.2) is 4.99 Å². The van der Waals surface area contributed by atoms with E-state index in [1.807, 2.05) is 0 Å². The van der Waals surface area contributed by atoms with Crippen molar-refractivity contribution in [3.05, 3.63) is 0 Å². The van der Waals surface area contributed by atoms with Crippen molar-refractivity contribution in [2.24, 2.45) is 22.4 Å². The van der Waals surface area contributed by atoms with E-state index in [2.05, 4.69) is 4.99 Å². The first-order valence-electron chi connectivity index (χ1n) is 4.38. The zero-order chi connectivity index (χ0) is 8.97. The average molecular weight is 168 g/mol. The summed E-state index contributed by atoms with van der Waals surface area (Å²) in [6.07, 6.45) is 5.82. The van der Waals surface area contributed by atoms with E-state index in [0.29, 0.717) is 11.8 Å². The van der Waals surface area contributed by atoms with Crippen LogP contribution < -0.4 is 11.5 Å². The fourth-order valence-corrected chi connectivity index (χ4v) is 1.61. The first-order valence-corrected chi connectivity index (χ1v) is 4.38. The van der Waals surface area contributed by atoms with Crippen molar-refractivity contribution < 1.29 is 0 Å². The summed E-state index contributed by atoms with van der Waals surface area (Å²) in [6, 6.07) is 0. The van der Waals surface area contributed by atoms with Crippen LogP contribution in [0.15, 0.2) is 4.99 Å². The van der Waals surface area contributed by atoms with Crippen LogP contribution in [0.1, 0.15) is 32.1 Å². The largest absolute Gasteiger partial charge is 0.370 e. The summed E-state index contributed by atoms with van der Waals surface area (Å²) in [5.41, 5.74) is 10.4. The van der Waals surface area contributed by atoms with Crippen LogP contribution in [0.4, 0.5) is 0 Å². The summed E-state index contributed by atoms with van der Waals surface area (Å²) < 4.78 is 0. The molecular weight excluding hydrogens is 152 g/mol. The Bertz CT molecular complexity index is 187. The quantitative estimate of drug-likeness (QED) is 0.399. The lowest BCUT2D eigenvalue weighted by Gasteiger charge is -2.19. The van der Waals surface area contributed by atoms with E-state index in [1.54, 1.807) is 0 Å². The van der Waals surface area contributed by atoms with Crippen LogP contribution in [0.25, 0.3) is 0 Å². The molecule has 0 aromatic rings. The molecule has 4 heteroatoms. The molecule has 0 aromatic carbocycles. The Labute approximate surface area is 72.5 Å². The van der Waals surface area contributed by atoms with Gasteiger partial charge in [0.05, 0.1) is 0 Å². The number of aliphatic imine (C=N–C) groups is 1. The molecule has 12 heavy (non-hydrogen) atoms. The second-order valence-corrected chi connectivity index (χ2v) is 3.26. The average Bonchev–Trinajstić information content (AvgIpc) is 2.05. The molecule has 0 heterocycles. The number of hydrogen-bond donors (Lipinski definition) is 3. The molecule has 0 saturated heterocycles. The van der Waals surface area contributed by atoms with Gasteiger partial charge >= 0.3 is 0 Å². The van der Waals surface area contributed by atoms with Crippen molar-refractivity contribution >= 4 is 11.8 Å². The van der Waals surface area contributed by atoms with Gasteiger partial charge in [0, 0.05) is 5.92 Å². The van der Waals surface area contributed by atoms with Crippen LogP contribution in [-0.2, 0) is 0 Å². The molecule has 0 unspecified atom stereocenters. The smallest absolute Gasteiger partial charge is 0.192 e. The lowest BCUT2D eigenvalue weighted by atomic mass is 9.88. The van der Waals surface area contributed by atoms with E-state index in [4.69, 9.17) is 16.9 Å². The lowest BCUT2D eigenvalue weighted by molar-refractivity contribution is 0.436. The summed E-state index contributed by atoms with van der Waals surface area (Å²) in [5, 5.41) is 7.57. The number of nitrogens with one attached hydrogen (secondary N) is 1. The molecule has 1 rings (SSSR count). The Morgan fingerprint density at radius 2 is 1.75 bits per heavy atom. The van der Waals surface area contributed by atoms with Gasteiger partial charge in [0.25, 0.3) is 0 Å². The van der Waals surface area contributed by atoms with Crippen molar-refractivity contribution in [3.8, 4) is 0 Å². The van der Waals surface area contributed by atoms with E-state index >= 15 is 0 Å². The monoisotopic (exact) mass is 168 g/mol. The van der Waals surface area contributed by atoms with Gasteiger partial charge in [0.1, 0.15) is 5.84 Å². The van der Waals surface area contributed by atoms with Crippen molar-refractivity contribution in [2.75, 3.05) is 0 Å². The van der Waals surface area contributed by atoms with Gasteiger partial charge in [-0.2, -0.15) is 0 Å². The number of hydrogen-bond acceptors (Lipinski definition) is 1. The molecule has 0 spiro atoms. The van der Waals surface area contributed by atoms with Gasteiger partial charge in [-0.05, 0) is 12.8 Å². The Balaban J connectivity index is 2.45. The first kappa shape index (κ1) is 9.03. The van der Waals surface area contributed by atoms with Crippen molar-refractivity contribution in [1.29, 1.82) is 5.41 Å². The third-order valence-corrected chi connectivity index (χ3v) is 2.24. The van der Waals surface area contributed by atoms with Crippen LogP contribution in [-0.4, -0.2) is 11.8 Å². The van der Waals surface area contributed by atoms with Crippen LogP contribution in [0, 0.1) is 11.3 Å². The van der Waals surface area contributed by atoms with Gasteiger partial charge < -0.3 is 11.5 Å². The SMILES string of the molecule is N=C(N=C(N)N)C1CCCCC1. The number of nitrogens with zero attached hydrogens (tertiary/aromatic N) is 1. The summed E-state index contributed by atoms with van der Waals surface area (Å²) in [5.74, 6) is 0.654. The minimum absolute atomic E-state index is 0.00516. The highest BCUT2D eigenvalue weighted by atomic mass is 15.0. The third-order valence-electron chi connectivity index (χ3n) is 2.24. The maximum absolute atomic E-state index is 7.57. The van der Waals surface area contributed by atoms with Crippen molar-refractivity contribution in [3.63, 3.8) is 0 Å². The van der Waals surface area contributed by atoms with Crippen LogP contribution >= 0.6 is 0 Å². The Morgan fingerprint density at radius 3 is 2.25 bits per heavy atom. The van der Waals surface area contributed by atoms with E-state index in [0.717, 1.165) is 12.8 Å². The van der Waals surface area contributed by atoms with E-state index in [-0.39, 0.29) is 5.96 Å². The van der Waals surface area contributed by atoms with Gasteiger partial charge in [-0.3, -0.25) is 5.41 Å². The molecule has 0 aliphatic heterocycles. The predicted octanol–water partition coefficient (Wildman–Crippen LogP) is 0.817. The second-order valence-electron chi connectivity index (χ2n) is 3.26. The highest BCUT2D eigenvalue weighted by Crippen LogP contribution is 2.24. The molecule has 0 aromatic heterocycles. The lowest BCUT2D eigenvalue weighted by Crippen LogP contribution is -2.26. The van der Waals surface area contributed by atoms with Crippen LogP contribution in [0.3, 0.4) is 0 Å². The molecule has 0 amide bonds. The molecule has 0 radical (unpaired) electrons. The molecule has 0 atom stereocenters. The van der Waals surface area contributed by atoms with Crippen molar-refractivity contribution in [2.45, 2.75) is 32.1 Å². The summed E-state index contributed by atoms with van der Waals surface area (Å²) in [7, 11) is 0. The molecule has 1 saturated carbocycles. The van der Waals surface area contributed by atoms with Gasteiger partial charge in [-0.1, -0.05) is 19.3 Å². The van der Waals surface area contributed by atoms with Gasteiger partial charge in [0.2, 0.25) is 0 Å². The first-order chi connectivity index (χ1) is 5.70. The minimum Gasteiger partial charge on any atom is -0.370 e. The fraction of sp³-hybridized carbons (Fsp3) is 0.750.